The first-order valence-corrected chi connectivity index (χ1v) is 7.23. The molecular weight excluding hydrogens is 328 g/mol. The van der Waals surface area contributed by atoms with Gasteiger partial charge < -0.3 is 14.8 Å². The number of nitrogens with one attached hydrogen (secondary N) is 1. The second kappa shape index (κ2) is 6.42. The highest BCUT2D eigenvalue weighted by molar-refractivity contribution is 6.33. The molecule has 1 aliphatic rings. The molecule has 0 aliphatic carbocycles. The maximum atomic E-state index is 13.2. The van der Waals surface area contributed by atoms with Gasteiger partial charge in [-0.2, -0.15) is 0 Å². The van der Waals surface area contributed by atoms with Crippen molar-refractivity contribution in [2.45, 2.75) is 6.54 Å². The normalized spacial score (nSPS) is 12.8. The number of hydrogen-bond acceptors (Lipinski definition) is 3. The standard InChI is InChI=1S/C16H12ClF2NO3/c17-11-7-13(19)12(18)6-10(11)16(21)20-8-9-1-2-14-15(5-9)23-4-3-22-14/h1-2,5-7H,3-4,8H2,(H,20,21). The monoisotopic (exact) mass is 339 g/mol. The van der Waals surface area contributed by atoms with Gasteiger partial charge in [-0.15, -0.1) is 0 Å². The highest BCUT2D eigenvalue weighted by Crippen LogP contribution is 2.30. The first-order valence-electron chi connectivity index (χ1n) is 6.86. The number of ether oxygens (including phenoxy) is 2. The van der Waals surface area contributed by atoms with Gasteiger partial charge in [-0.25, -0.2) is 8.78 Å². The van der Waals surface area contributed by atoms with Gasteiger partial charge in [0.05, 0.1) is 10.6 Å². The van der Waals surface area contributed by atoms with E-state index in [2.05, 4.69) is 5.32 Å². The minimum absolute atomic E-state index is 0.122. The minimum Gasteiger partial charge on any atom is -0.486 e. The Kier molecular flexibility index (Phi) is 4.34. The molecule has 7 heteroatoms. The summed E-state index contributed by atoms with van der Waals surface area (Å²) >= 11 is 5.77. The zero-order valence-corrected chi connectivity index (χ0v) is 12.6. The highest BCUT2D eigenvalue weighted by atomic mass is 35.5. The smallest absolute Gasteiger partial charge is 0.253 e. The van der Waals surface area contributed by atoms with E-state index in [4.69, 9.17) is 21.1 Å². The van der Waals surface area contributed by atoms with Crippen LogP contribution in [0.4, 0.5) is 8.78 Å². The summed E-state index contributed by atoms with van der Waals surface area (Å²) in [7, 11) is 0. The molecule has 0 atom stereocenters. The van der Waals surface area contributed by atoms with E-state index in [-0.39, 0.29) is 17.1 Å². The summed E-state index contributed by atoms with van der Waals surface area (Å²) in [5.41, 5.74) is 0.657. The van der Waals surface area contributed by atoms with Gasteiger partial charge >= 0.3 is 0 Å². The van der Waals surface area contributed by atoms with E-state index in [1.165, 1.54) is 0 Å². The average Bonchev–Trinajstić information content (AvgIpc) is 2.55. The maximum absolute atomic E-state index is 13.2. The third-order valence-electron chi connectivity index (χ3n) is 3.31. The van der Waals surface area contributed by atoms with Gasteiger partial charge in [0, 0.05) is 6.54 Å². The van der Waals surface area contributed by atoms with Crippen molar-refractivity contribution in [3.05, 3.63) is 58.1 Å². The molecule has 1 N–H and O–H groups in total. The van der Waals surface area contributed by atoms with Crippen LogP contribution in [0, 0.1) is 11.6 Å². The number of halogens is 3. The van der Waals surface area contributed by atoms with Crippen molar-refractivity contribution < 1.29 is 23.0 Å². The molecule has 0 spiro atoms. The van der Waals surface area contributed by atoms with Crippen LogP contribution in [0.25, 0.3) is 0 Å². The van der Waals surface area contributed by atoms with Crippen LogP contribution in [0.3, 0.4) is 0 Å². The molecule has 4 nitrogen and oxygen atoms in total. The van der Waals surface area contributed by atoms with Crippen LogP contribution in [-0.2, 0) is 6.54 Å². The molecule has 1 heterocycles. The van der Waals surface area contributed by atoms with Gasteiger partial charge in [0.25, 0.3) is 5.91 Å². The lowest BCUT2D eigenvalue weighted by atomic mass is 10.1. The third-order valence-corrected chi connectivity index (χ3v) is 3.63. The number of rotatable bonds is 3. The van der Waals surface area contributed by atoms with Crippen LogP contribution < -0.4 is 14.8 Å². The Balaban J connectivity index is 1.71. The number of amides is 1. The summed E-state index contributed by atoms with van der Waals surface area (Å²) in [5, 5.41) is 2.45. The number of carbonyl (C=O) groups is 1. The third kappa shape index (κ3) is 3.37. The molecule has 0 unspecified atom stereocenters. The second-order valence-corrected chi connectivity index (χ2v) is 5.31. The molecular formula is C16H12ClF2NO3. The summed E-state index contributed by atoms with van der Waals surface area (Å²) < 4.78 is 37.1. The van der Waals surface area contributed by atoms with Gasteiger partial charge in [-0.1, -0.05) is 17.7 Å². The van der Waals surface area contributed by atoms with Crippen molar-refractivity contribution in [3.8, 4) is 11.5 Å². The molecule has 1 aliphatic heterocycles. The molecule has 2 aromatic carbocycles. The molecule has 3 rings (SSSR count). The molecule has 2 aromatic rings. The Morgan fingerprint density at radius 2 is 1.78 bits per heavy atom. The van der Waals surface area contributed by atoms with Crippen LogP contribution >= 0.6 is 11.6 Å². The molecule has 0 bridgehead atoms. The van der Waals surface area contributed by atoms with Crippen LogP contribution in [0.1, 0.15) is 15.9 Å². The summed E-state index contributed by atoms with van der Waals surface area (Å²) in [6.45, 7) is 1.15. The number of benzene rings is 2. The minimum atomic E-state index is -1.13. The lowest BCUT2D eigenvalue weighted by molar-refractivity contribution is 0.0950. The number of hydrogen-bond donors (Lipinski definition) is 1. The topological polar surface area (TPSA) is 47.6 Å². The predicted octanol–water partition coefficient (Wildman–Crippen LogP) is 3.32. The van der Waals surface area contributed by atoms with E-state index in [1.54, 1.807) is 18.2 Å². The maximum Gasteiger partial charge on any atom is 0.253 e. The lowest BCUT2D eigenvalue weighted by Gasteiger charge is -2.19. The van der Waals surface area contributed by atoms with Crippen LogP contribution in [0.5, 0.6) is 11.5 Å². The van der Waals surface area contributed by atoms with Crippen LogP contribution in [0.15, 0.2) is 30.3 Å². The summed E-state index contributed by atoms with van der Waals surface area (Å²) in [6.07, 6.45) is 0. The molecule has 1 amide bonds. The molecule has 0 aromatic heterocycles. The fraction of sp³-hybridized carbons (Fsp3) is 0.188. The average molecular weight is 340 g/mol. The Labute approximate surface area is 136 Å². The van der Waals surface area contributed by atoms with Gasteiger partial charge in [0.2, 0.25) is 0 Å². The fourth-order valence-electron chi connectivity index (χ4n) is 2.17. The summed E-state index contributed by atoms with van der Waals surface area (Å²) in [4.78, 5) is 12.1. The van der Waals surface area contributed by atoms with Gasteiger partial charge in [0.1, 0.15) is 13.2 Å². The first-order chi connectivity index (χ1) is 11.0. The first kappa shape index (κ1) is 15.6. The van der Waals surface area contributed by atoms with Crippen molar-refractivity contribution in [2.24, 2.45) is 0 Å². The number of carbonyl (C=O) groups excluding carboxylic acids is 1. The number of fused-ring (bicyclic) bond motifs is 1. The fourth-order valence-corrected chi connectivity index (χ4v) is 2.41. The zero-order chi connectivity index (χ0) is 16.4. The lowest BCUT2D eigenvalue weighted by Crippen LogP contribution is -2.23. The molecule has 0 saturated heterocycles. The van der Waals surface area contributed by atoms with Crippen LogP contribution in [0.2, 0.25) is 5.02 Å². The summed E-state index contributed by atoms with van der Waals surface area (Å²) in [6, 6.07) is 6.83. The van der Waals surface area contributed by atoms with E-state index in [1.807, 2.05) is 0 Å². The van der Waals surface area contributed by atoms with E-state index >= 15 is 0 Å². The molecule has 0 fully saturated rings. The van der Waals surface area contributed by atoms with E-state index in [0.717, 1.165) is 17.7 Å². The van der Waals surface area contributed by atoms with E-state index in [9.17, 15) is 13.6 Å². The van der Waals surface area contributed by atoms with Crippen molar-refractivity contribution in [3.63, 3.8) is 0 Å². The van der Waals surface area contributed by atoms with Crippen molar-refractivity contribution in [2.75, 3.05) is 13.2 Å². The van der Waals surface area contributed by atoms with E-state index in [0.29, 0.717) is 24.7 Å². The van der Waals surface area contributed by atoms with Gasteiger partial charge in [-0.05, 0) is 29.8 Å². The Hall–Kier alpha value is -2.34. The SMILES string of the molecule is O=C(NCc1ccc2c(c1)OCCO2)c1cc(F)c(F)cc1Cl. The molecule has 0 saturated carbocycles. The largest absolute Gasteiger partial charge is 0.486 e. The van der Waals surface area contributed by atoms with Crippen molar-refractivity contribution in [1.82, 2.24) is 5.32 Å². The van der Waals surface area contributed by atoms with E-state index < -0.39 is 17.5 Å². The van der Waals surface area contributed by atoms with Crippen molar-refractivity contribution >= 4 is 17.5 Å². The second-order valence-electron chi connectivity index (χ2n) is 4.91. The predicted molar refractivity (Wildman–Crippen MR) is 80.0 cm³/mol. The van der Waals surface area contributed by atoms with Gasteiger partial charge in [0.15, 0.2) is 23.1 Å². The Morgan fingerprint density at radius 3 is 2.57 bits per heavy atom. The molecule has 0 radical (unpaired) electrons. The summed E-state index contributed by atoms with van der Waals surface area (Å²) in [5.74, 6) is -1.56. The zero-order valence-electron chi connectivity index (χ0n) is 11.9. The Morgan fingerprint density at radius 1 is 1.09 bits per heavy atom. The highest BCUT2D eigenvalue weighted by Gasteiger charge is 2.16. The van der Waals surface area contributed by atoms with Crippen LogP contribution in [-0.4, -0.2) is 19.1 Å². The quantitative estimate of drug-likeness (QED) is 0.873. The Bertz CT molecular complexity index is 767. The van der Waals surface area contributed by atoms with Crippen molar-refractivity contribution in [1.29, 1.82) is 0 Å². The van der Waals surface area contributed by atoms with Gasteiger partial charge in [-0.3, -0.25) is 4.79 Å². The molecule has 120 valence electrons. The molecule has 23 heavy (non-hydrogen) atoms.